The largest absolute Gasteiger partial charge is 0.348 e. The summed E-state index contributed by atoms with van der Waals surface area (Å²) >= 11 is 6.17. The molecule has 0 fully saturated rings. The van der Waals surface area contributed by atoms with E-state index in [9.17, 15) is 9.59 Å². The molecule has 2 aromatic carbocycles. The van der Waals surface area contributed by atoms with Gasteiger partial charge in [-0.1, -0.05) is 43.6 Å². The first-order chi connectivity index (χ1) is 12.4. The number of nitrogens with one attached hydrogen (secondary N) is 3. The molecule has 1 aliphatic rings. The second-order valence-electron chi connectivity index (χ2n) is 6.73. The number of rotatable bonds is 5. The lowest BCUT2D eigenvalue weighted by Gasteiger charge is -2.11. The van der Waals surface area contributed by atoms with E-state index in [0.717, 1.165) is 18.7 Å². The molecule has 0 saturated carbocycles. The molecule has 0 aromatic heterocycles. The fourth-order valence-corrected chi connectivity index (χ4v) is 3.00. The molecular weight excluding hydrogens is 385 g/mol. The van der Waals surface area contributed by atoms with Crippen molar-refractivity contribution in [1.29, 1.82) is 0 Å². The normalized spacial score (nSPS) is 12.3. The van der Waals surface area contributed by atoms with E-state index in [1.54, 1.807) is 18.2 Å². The molecule has 1 heterocycles. The molecule has 1 aliphatic heterocycles. The fraction of sp³-hybridized carbons (Fsp3) is 0.300. The molecule has 3 N–H and O–H groups in total. The molecule has 0 radical (unpaired) electrons. The Morgan fingerprint density at radius 3 is 2.59 bits per heavy atom. The van der Waals surface area contributed by atoms with Crippen molar-refractivity contribution in [2.24, 2.45) is 5.92 Å². The summed E-state index contributed by atoms with van der Waals surface area (Å²) in [5, 5.41) is 9.33. The maximum Gasteiger partial charge on any atom is 0.253 e. The minimum atomic E-state index is -0.269. The second kappa shape index (κ2) is 9.22. The van der Waals surface area contributed by atoms with E-state index in [1.807, 2.05) is 19.9 Å². The number of carbonyl (C=O) groups is 2. The van der Waals surface area contributed by atoms with E-state index in [2.05, 4.69) is 28.1 Å². The van der Waals surface area contributed by atoms with Crippen molar-refractivity contribution < 1.29 is 9.59 Å². The molecule has 27 heavy (non-hydrogen) atoms. The van der Waals surface area contributed by atoms with Crippen molar-refractivity contribution in [1.82, 2.24) is 10.6 Å². The first-order valence-electron chi connectivity index (χ1n) is 8.64. The van der Waals surface area contributed by atoms with Gasteiger partial charge >= 0.3 is 0 Å². The van der Waals surface area contributed by atoms with Crippen LogP contribution in [-0.2, 0) is 24.4 Å². The van der Waals surface area contributed by atoms with Gasteiger partial charge in [-0.25, -0.2) is 0 Å². The van der Waals surface area contributed by atoms with Crippen LogP contribution in [0.4, 0.5) is 5.69 Å². The summed E-state index contributed by atoms with van der Waals surface area (Å²) < 4.78 is 0. The Kier molecular flexibility index (Phi) is 7.25. The van der Waals surface area contributed by atoms with Gasteiger partial charge in [-0.2, -0.15) is 0 Å². The Balaban J connectivity index is 0.00000261. The van der Waals surface area contributed by atoms with Gasteiger partial charge in [0, 0.05) is 31.2 Å². The molecule has 0 saturated heterocycles. The van der Waals surface area contributed by atoms with Crippen LogP contribution < -0.4 is 16.0 Å². The van der Waals surface area contributed by atoms with E-state index >= 15 is 0 Å². The second-order valence-corrected chi connectivity index (χ2v) is 7.14. The predicted molar refractivity (Wildman–Crippen MR) is 110 cm³/mol. The average Bonchev–Trinajstić information content (AvgIpc) is 3.08. The lowest BCUT2D eigenvalue weighted by atomic mass is 10.1. The van der Waals surface area contributed by atoms with Gasteiger partial charge < -0.3 is 16.0 Å². The summed E-state index contributed by atoms with van der Waals surface area (Å²) in [4.78, 5) is 24.4. The van der Waals surface area contributed by atoms with Crippen molar-refractivity contribution in [3.63, 3.8) is 0 Å². The van der Waals surface area contributed by atoms with Gasteiger partial charge in [-0.15, -0.1) is 12.4 Å². The number of amides is 2. The average molecular weight is 408 g/mol. The van der Waals surface area contributed by atoms with Crippen LogP contribution in [-0.4, -0.2) is 11.8 Å². The lowest BCUT2D eigenvalue weighted by Crippen LogP contribution is -2.24. The quantitative estimate of drug-likeness (QED) is 0.703. The molecule has 0 bridgehead atoms. The predicted octanol–water partition coefficient (Wildman–Crippen LogP) is 3.89. The van der Waals surface area contributed by atoms with E-state index in [0.29, 0.717) is 22.8 Å². The first kappa shape index (κ1) is 21.2. The number of hydrogen-bond acceptors (Lipinski definition) is 3. The summed E-state index contributed by atoms with van der Waals surface area (Å²) in [5.41, 5.74) is 4.52. The number of halogens is 2. The summed E-state index contributed by atoms with van der Waals surface area (Å²) in [6.07, 6.45) is 0. The number of benzene rings is 2. The van der Waals surface area contributed by atoms with Crippen LogP contribution in [0.3, 0.4) is 0 Å². The van der Waals surface area contributed by atoms with Crippen LogP contribution in [0.15, 0.2) is 36.4 Å². The summed E-state index contributed by atoms with van der Waals surface area (Å²) in [5.74, 6) is -0.517. The summed E-state index contributed by atoms with van der Waals surface area (Å²) in [6.45, 7) is 5.80. The Morgan fingerprint density at radius 1 is 1.11 bits per heavy atom. The SMILES string of the molecule is CC(C)C(=O)Nc1ccc(Cl)c(C(=O)NCc2ccc3c(c2)CNC3)c1.Cl. The van der Waals surface area contributed by atoms with Crippen LogP contribution in [0.5, 0.6) is 0 Å². The van der Waals surface area contributed by atoms with Gasteiger partial charge in [0.15, 0.2) is 0 Å². The highest BCUT2D eigenvalue weighted by Gasteiger charge is 2.14. The molecule has 7 heteroatoms. The smallest absolute Gasteiger partial charge is 0.253 e. The molecular formula is C20H23Cl2N3O2. The van der Waals surface area contributed by atoms with Gasteiger partial charge in [0.1, 0.15) is 0 Å². The highest BCUT2D eigenvalue weighted by molar-refractivity contribution is 6.34. The third-order valence-corrected chi connectivity index (χ3v) is 4.69. The topological polar surface area (TPSA) is 70.2 Å². The van der Waals surface area contributed by atoms with Crippen molar-refractivity contribution in [2.75, 3.05) is 5.32 Å². The minimum absolute atomic E-state index is 0. The van der Waals surface area contributed by atoms with Crippen LogP contribution in [0, 0.1) is 5.92 Å². The lowest BCUT2D eigenvalue weighted by molar-refractivity contribution is -0.118. The maximum absolute atomic E-state index is 12.5. The maximum atomic E-state index is 12.5. The Bertz CT molecular complexity index is 853. The standard InChI is InChI=1S/C20H22ClN3O2.ClH/c1-12(2)19(25)24-16-5-6-18(21)17(8-16)20(26)23-9-13-3-4-14-10-22-11-15(14)7-13;/h3-8,12,22H,9-11H2,1-2H3,(H,23,26)(H,24,25);1H. The summed E-state index contributed by atoms with van der Waals surface area (Å²) in [6, 6.07) is 11.1. The zero-order valence-corrected chi connectivity index (χ0v) is 16.8. The van der Waals surface area contributed by atoms with Gasteiger partial charge in [0.2, 0.25) is 5.91 Å². The number of carbonyl (C=O) groups excluding carboxylic acids is 2. The summed E-state index contributed by atoms with van der Waals surface area (Å²) in [7, 11) is 0. The van der Waals surface area contributed by atoms with Gasteiger partial charge in [-0.3, -0.25) is 9.59 Å². The zero-order valence-electron chi connectivity index (χ0n) is 15.3. The van der Waals surface area contributed by atoms with Crippen molar-refractivity contribution in [3.05, 3.63) is 63.7 Å². The Morgan fingerprint density at radius 2 is 1.85 bits per heavy atom. The third-order valence-electron chi connectivity index (χ3n) is 4.36. The molecule has 0 aliphatic carbocycles. The fourth-order valence-electron chi connectivity index (χ4n) is 2.80. The number of anilines is 1. The molecule has 3 rings (SSSR count). The van der Waals surface area contributed by atoms with Crippen LogP contribution in [0.1, 0.15) is 40.9 Å². The van der Waals surface area contributed by atoms with E-state index in [1.165, 1.54) is 11.1 Å². The molecule has 0 atom stereocenters. The van der Waals surface area contributed by atoms with Gasteiger partial charge in [-0.05, 0) is 34.9 Å². The van der Waals surface area contributed by atoms with Crippen LogP contribution in [0.2, 0.25) is 5.02 Å². The molecule has 5 nitrogen and oxygen atoms in total. The molecule has 2 aromatic rings. The van der Waals surface area contributed by atoms with Crippen molar-refractivity contribution in [2.45, 2.75) is 33.5 Å². The zero-order chi connectivity index (χ0) is 18.7. The Hall–Kier alpha value is -2.08. The first-order valence-corrected chi connectivity index (χ1v) is 9.02. The van der Waals surface area contributed by atoms with Gasteiger partial charge in [0.25, 0.3) is 5.91 Å². The molecule has 144 valence electrons. The molecule has 2 amide bonds. The minimum Gasteiger partial charge on any atom is -0.348 e. The van der Waals surface area contributed by atoms with Crippen molar-refractivity contribution >= 4 is 41.5 Å². The van der Waals surface area contributed by atoms with Crippen molar-refractivity contribution in [3.8, 4) is 0 Å². The molecule has 0 unspecified atom stereocenters. The van der Waals surface area contributed by atoms with Gasteiger partial charge in [0.05, 0.1) is 10.6 Å². The number of fused-ring (bicyclic) bond motifs is 1. The monoisotopic (exact) mass is 407 g/mol. The van der Waals surface area contributed by atoms with E-state index in [4.69, 9.17) is 11.6 Å². The number of hydrogen-bond donors (Lipinski definition) is 3. The Labute approximate surface area is 170 Å². The molecule has 0 spiro atoms. The van der Waals surface area contributed by atoms with Crippen LogP contribution in [0.25, 0.3) is 0 Å². The highest BCUT2D eigenvalue weighted by Crippen LogP contribution is 2.22. The third kappa shape index (κ3) is 5.22. The van der Waals surface area contributed by atoms with E-state index < -0.39 is 0 Å². The van der Waals surface area contributed by atoms with E-state index in [-0.39, 0.29) is 30.1 Å². The highest BCUT2D eigenvalue weighted by atomic mass is 35.5. The van der Waals surface area contributed by atoms with Crippen LogP contribution >= 0.6 is 24.0 Å².